The molecule has 5 nitrogen and oxygen atoms in total. The van der Waals surface area contributed by atoms with E-state index in [0.717, 1.165) is 16.0 Å². The second kappa shape index (κ2) is 7.58. The van der Waals surface area contributed by atoms with Gasteiger partial charge in [-0.15, -0.1) is 0 Å². The fourth-order valence-electron chi connectivity index (χ4n) is 2.76. The predicted octanol–water partition coefficient (Wildman–Crippen LogP) is 3.05. The summed E-state index contributed by atoms with van der Waals surface area (Å²) in [6, 6.07) is 21.7. The number of benzene rings is 3. The number of rotatable bonds is 3. The van der Waals surface area contributed by atoms with Gasteiger partial charge in [-0.3, -0.25) is 4.79 Å². The number of hydroxylamine groups is 1. The van der Waals surface area contributed by atoms with Crippen LogP contribution in [-0.4, -0.2) is 11.7 Å². The number of anilines is 1. The van der Waals surface area contributed by atoms with Gasteiger partial charge < -0.3 is 10.2 Å². The van der Waals surface area contributed by atoms with Crippen LogP contribution < -0.4 is 21.2 Å². The van der Waals surface area contributed by atoms with Gasteiger partial charge in [0.25, 0.3) is 11.8 Å². The second-order valence-electron chi connectivity index (χ2n) is 6.17. The SMILES string of the molecule is C=c1ccccc1=C1N=C(c2ccc(NC(=O)c3cccc(Cl)c3)cc2)NO1. The van der Waals surface area contributed by atoms with Crippen LogP contribution in [0, 0.1) is 0 Å². The molecule has 1 heterocycles. The van der Waals surface area contributed by atoms with Crippen molar-refractivity contribution < 1.29 is 9.63 Å². The van der Waals surface area contributed by atoms with Crippen LogP contribution >= 0.6 is 11.6 Å². The van der Waals surface area contributed by atoms with E-state index < -0.39 is 0 Å². The van der Waals surface area contributed by atoms with Crippen molar-refractivity contribution in [1.29, 1.82) is 0 Å². The smallest absolute Gasteiger partial charge is 0.255 e. The number of hydrogen-bond acceptors (Lipinski definition) is 4. The molecule has 3 aromatic rings. The minimum Gasteiger partial charge on any atom is -0.359 e. The molecule has 0 saturated carbocycles. The van der Waals surface area contributed by atoms with Gasteiger partial charge in [-0.1, -0.05) is 42.4 Å². The van der Waals surface area contributed by atoms with E-state index in [1.165, 1.54) is 0 Å². The Morgan fingerprint density at radius 2 is 1.82 bits per heavy atom. The number of halogens is 1. The molecule has 0 unspecified atom stereocenters. The van der Waals surface area contributed by atoms with Gasteiger partial charge in [-0.05, 0) is 53.7 Å². The topological polar surface area (TPSA) is 62.7 Å². The fourth-order valence-corrected chi connectivity index (χ4v) is 2.95. The number of amides is 1. The maximum Gasteiger partial charge on any atom is 0.255 e. The van der Waals surface area contributed by atoms with E-state index in [0.29, 0.717) is 28.0 Å². The molecule has 2 N–H and O–H groups in total. The first-order valence-corrected chi connectivity index (χ1v) is 8.95. The van der Waals surface area contributed by atoms with Gasteiger partial charge in [-0.2, -0.15) is 4.99 Å². The number of carbonyl (C=O) groups is 1. The maximum atomic E-state index is 12.3. The zero-order chi connectivity index (χ0) is 19.5. The first kappa shape index (κ1) is 17.8. The van der Waals surface area contributed by atoms with Crippen LogP contribution in [0.5, 0.6) is 0 Å². The summed E-state index contributed by atoms with van der Waals surface area (Å²) in [5.74, 6) is 0.836. The quantitative estimate of drug-likeness (QED) is 0.723. The van der Waals surface area contributed by atoms with Gasteiger partial charge in [-0.25, -0.2) is 5.48 Å². The molecule has 1 aliphatic rings. The first-order chi connectivity index (χ1) is 13.6. The van der Waals surface area contributed by atoms with Crippen LogP contribution in [0.15, 0.2) is 77.8 Å². The molecule has 0 saturated heterocycles. The molecule has 0 spiro atoms. The summed E-state index contributed by atoms with van der Waals surface area (Å²) in [4.78, 5) is 22.3. The maximum absolute atomic E-state index is 12.3. The minimum atomic E-state index is -0.224. The lowest BCUT2D eigenvalue weighted by Crippen LogP contribution is -2.25. The zero-order valence-electron chi connectivity index (χ0n) is 14.8. The molecule has 1 amide bonds. The Hall–Kier alpha value is -3.57. The molecule has 3 aromatic carbocycles. The first-order valence-electron chi connectivity index (χ1n) is 8.57. The number of aliphatic imine (C=N–C) groups is 1. The van der Waals surface area contributed by atoms with E-state index in [9.17, 15) is 4.79 Å². The van der Waals surface area contributed by atoms with Crippen LogP contribution in [0.25, 0.3) is 12.5 Å². The van der Waals surface area contributed by atoms with E-state index in [1.807, 2.05) is 36.4 Å². The van der Waals surface area contributed by atoms with E-state index in [-0.39, 0.29) is 5.91 Å². The summed E-state index contributed by atoms with van der Waals surface area (Å²) in [5, 5.41) is 5.03. The molecule has 0 aliphatic carbocycles. The average Bonchev–Trinajstić information content (AvgIpc) is 3.19. The van der Waals surface area contributed by atoms with Gasteiger partial charge in [0.1, 0.15) is 0 Å². The molecule has 138 valence electrons. The molecular formula is C22H16ClN3O2. The van der Waals surface area contributed by atoms with E-state index >= 15 is 0 Å². The summed E-state index contributed by atoms with van der Waals surface area (Å²) in [5.41, 5.74) is 4.82. The fraction of sp³-hybridized carbons (Fsp3) is 0. The summed E-state index contributed by atoms with van der Waals surface area (Å²) in [6.45, 7) is 3.99. The Morgan fingerprint density at radius 3 is 2.57 bits per heavy atom. The summed E-state index contributed by atoms with van der Waals surface area (Å²) in [7, 11) is 0. The Kier molecular flexibility index (Phi) is 4.83. The largest absolute Gasteiger partial charge is 0.359 e. The highest BCUT2D eigenvalue weighted by Crippen LogP contribution is 2.16. The van der Waals surface area contributed by atoms with Gasteiger partial charge >= 0.3 is 0 Å². The van der Waals surface area contributed by atoms with Gasteiger partial charge in [0, 0.05) is 27.1 Å². The van der Waals surface area contributed by atoms with E-state index in [2.05, 4.69) is 22.4 Å². The highest BCUT2D eigenvalue weighted by atomic mass is 35.5. The Labute approximate surface area is 166 Å². The van der Waals surface area contributed by atoms with Crippen molar-refractivity contribution in [3.05, 3.63) is 99.4 Å². The molecule has 0 atom stereocenters. The summed E-state index contributed by atoms with van der Waals surface area (Å²) in [6.07, 6.45) is 0. The van der Waals surface area contributed by atoms with Crippen molar-refractivity contribution in [3.63, 3.8) is 0 Å². The highest BCUT2D eigenvalue weighted by Gasteiger charge is 2.15. The van der Waals surface area contributed by atoms with E-state index in [1.54, 1.807) is 36.4 Å². The Balaban J connectivity index is 1.53. The van der Waals surface area contributed by atoms with Gasteiger partial charge in [0.15, 0.2) is 5.84 Å². The zero-order valence-corrected chi connectivity index (χ0v) is 15.5. The number of amidine groups is 1. The number of nitrogens with zero attached hydrogens (tertiary/aromatic N) is 1. The normalized spacial score (nSPS) is 14.7. The Morgan fingerprint density at radius 1 is 1.04 bits per heavy atom. The monoisotopic (exact) mass is 389 g/mol. The van der Waals surface area contributed by atoms with E-state index in [4.69, 9.17) is 16.4 Å². The van der Waals surface area contributed by atoms with Crippen LogP contribution in [-0.2, 0) is 4.84 Å². The third kappa shape index (κ3) is 3.75. The molecular weight excluding hydrogens is 374 g/mol. The summed E-state index contributed by atoms with van der Waals surface area (Å²) >= 11 is 5.93. The molecule has 0 fully saturated rings. The molecule has 0 bridgehead atoms. The van der Waals surface area contributed by atoms with Crippen LogP contribution in [0.4, 0.5) is 5.69 Å². The molecule has 0 aromatic heterocycles. The molecule has 0 radical (unpaired) electrons. The van der Waals surface area contributed by atoms with Crippen LogP contribution in [0.1, 0.15) is 15.9 Å². The van der Waals surface area contributed by atoms with Crippen molar-refractivity contribution >= 4 is 41.5 Å². The minimum absolute atomic E-state index is 0.224. The molecule has 1 aliphatic heterocycles. The lowest BCUT2D eigenvalue weighted by molar-refractivity contribution is 0.102. The van der Waals surface area contributed by atoms with Gasteiger partial charge in [0.05, 0.1) is 0 Å². The predicted molar refractivity (Wildman–Crippen MR) is 111 cm³/mol. The second-order valence-corrected chi connectivity index (χ2v) is 6.61. The molecule has 4 rings (SSSR count). The van der Waals surface area contributed by atoms with Crippen molar-refractivity contribution in [1.82, 2.24) is 5.48 Å². The standard InChI is InChI=1S/C22H16ClN3O2/c1-14-5-2-3-8-19(14)22-25-20(26-28-22)15-9-11-18(12-10-15)24-21(27)16-6-4-7-17(23)13-16/h2-13H,1H2,(H,24,27)(H,25,26). The molecule has 6 heteroatoms. The van der Waals surface area contributed by atoms with Crippen LogP contribution in [0.2, 0.25) is 5.02 Å². The highest BCUT2D eigenvalue weighted by molar-refractivity contribution is 6.31. The number of nitrogens with one attached hydrogen (secondary N) is 2. The van der Waals surface area contributed by atoms with Crippen LogP contribution in [0.3, 0.4) is 0 Å². The lowest BCUT2D eigenvalue weighted by atomic mass is 10.1. The Bertz CT molecular complexity index is 1190. The van der Waals surface area contributed by atoms with Crippen molar-refractivity contribution in [2.45, 2.75) is 0 Å². The van der Waals surface area contributed by atoms with Crippen molar-refractivity contribution in [2.75, 3.05) is 5.32 Å². The third-order valence-electron chi connectivity index (χ3n) is 4.21. The third-order valence-corrected chi connectivity index (χ3v) is 4.44. The average molecular weight is 390 g/mol. The lowest BCUT2D eigenvalue weighted by Gasteiger charge is -2.07. The summed E-state index contributed by atoms with van der Waals surface area (Å²) < 4.78 is 0. The number of hydrogen-bond donors (Lipinski definition) is 2. The van der Waals surface area contributed by atoms with Crippen molar-refractivity contribution in [3.8, 4) is 0 Å². The van der Waals surface area contributed by atoms with Crippen molar-refractivity contribution in [2.24, 2.45) is 4.99 Å². The number of carbonyl (C=O) groups excluding carboxylic acids is 1. The molecule has 28 heavy (non-hydrogen) atoms. The van der Waals surface area contributed by atoms with Gasteiger partial charge in [0.2, 0.25) is 0 Å².